The second-order valence-corrected chi connectivity index (χ2v) is 9.27. The predicted molar refractivity (Wildman–Crippen MR) is 105 cm³/mol. The summed E-state index contributed by atoms with van der Waals surface area (Å²) in [5, 5.41) is 15.1. The van der Waals surface area contributed by atoms with E-state index >= 15 is 0 Å². The van der Waals surface area contributed by atoms with E-state index in [4.69, 9.17) is 4.74 Å². The van der Waals surface area contributed by atoms with Gasteiger partial charge in [-0.25, -0.2) is 8.42 Å². The van der Waals surface area contributed by atoms with Gasteiger partial charge in [-0.1, -0.05) is 6.92 Å². The number of aromatic nitrogens is 2. The number of rotatable bonds is 6. The lowest BCUT2D eigenvalue weighted by atomic mass is 10.3. The van der Waals surface area contributed by atoms with Crippen LogP contribution in [0.2, 0.25) is 0 Å². The van der Waals surface area contributed by atoms with E-state index in [1.54, 1.807) is 4.90 Å². The van der Waals surface area contributed by atoms with Gasteiger partial charge in [-0.15, -0.1) is 0 Å². The van der Waals surface area contributed by atoms with E-state index in [0.717, 1.165) is 13.1 Å². The Bertz CT molecular complexity index is 813. The maximum absolute atomic E-state index is 11.8. The Morgan fingerprint density at radius 3 is 2.39 bits per heavy atom. The van der Waals surface area contributed by atoms with Crippen molar-refractivity contribution < 1.29 is 18.1 Å². The molecule has 0 aliphatic carbocycles. The minimum Gasteiger partial charge on any atom is -0.470 e. The first-order valence-corrected chi connectivity index (χ1v) is 11.3. The summed E-state index contributed by atoms with van der Waals surface area (Å²) in [6.07, 6.45) is 0.417. The summed E-state index contributed by atoms with van der Waals surface area (Å²) in [7, 11) is -3.13. The number of ether oxygens (including phenoxy) is 1. The molecular weight excluding hydrogens is 388 g/mol. The second-order valence-electron chi connectivity index (χ2n) is 6.97. The molecule has 1 aromatic heterocycles. The summed E-state index contributed by atoms with van der Waals surface area (Å²) < 4.78 is 29.3. The van der Waals surface area contributed by atoms with Crippen LogP contribution in [-0.2, 0) is 9.84 Å². The number of piperazine rings is 1. The predicted octanol–water partition coefficient (Wildman–Crippen LogP) is 0.207. The molecule has 3 heterocycles. The molecule has 12 heteroatoms. The first-order chi connectivity index (χ1) is 13.3. The van der Waals surface area contributed by atoms with Crippen molar-refractivity contribution in [2.24, 2.45) is 0 Å². The van der Waals surface area contributed by atoms with Crippen LogP contribution in [0.4, 0.5) is 17.5 Å². The smallest absolute Gasteiger partial charge is 0.373 e. The molecular formula is C16H26N6O5S. The molecule has 0 saturated carbocycles. The molecule has 1 N–H and O–H groups in total. The molecule has 2 fully saturated rings. The molecule has 3 rings (SSSR count). The van der Waals surface area contributed by atoms with Crippen LogP contribution in [-0.4, -0.2) is 80.2 Å². The highest BCUT2D eigenvalue weighted by Crippen LogP contribution is 2.37. The Hall–Kier alpha value is -2.21. The molecule has 156 valence electrons. The standard InChI is InChI=1S/C16H26N6O5S/c1-3-12(2)27-15-13(22(23)24)14(20-8-10-28(25,26)11-9-20)18-16(19-15)21-6-4-17-5-7-21/h12,17H,3-11H2,1-2H3. The van der Waals surface area contributed by atoms with Crippen LogP contribution in [0.25, 0.3) is 0 Å². The monoisotopic (exact) mass is 414 g/mol. The summed E-state index contributed by atoms with van der Waals surface area (Å²) in [6, 6.07) is 0. The lowest BCUT2D eigenvalue weighted by Crippen LogP contribution is -2.45. The lowest BCUT2D eigenvalue weighted by molar-refractivity contribution is -0.385. The van der Waals surface area contributed by atoms with Gasteiger partial charge in [0.2, 0.25) is 11.8 Å². The van der Waals surface area contributed by atoms with Gasteiger partial charge in [0.25, 0.3) is 0 Å². The van der Waals surface area contributed by atoms with Crippen LogP contribution >= 0.6 is 0 Å². The van der Waals surface area contributed by atoms with Crippen LogP contribution < -0.4 is 19.9 Å². The quantitative estimate of drug-likeness (QED) is 0.509. The van der Waals surface area contributed by atoms with Crippen molar-refractivity contribution in [1.29, 1.82) is 0 Å². The number of hydrogen-bond donors (Lipinski definition) is 1. The Balaban J connectivity index is 2.05. The van der Waals surface area contributed by atoms with Gasteiger partial charge in [0, 0.05) is 39.3 Å². The molecule has 0 aromatic carbocycles. The zero-order valence-electron chi connectivity index (χ0n) is 16.1. The number of nitrogens with one attached hydrogen (secondary N) is 1. The van der Waals surface area contributed by atoms with Gasteiger partial charge >= 0.3 is 11.6 Å². The van der Waals surface area contributed by atoms with E-state index in [0.29, 0.717) is 25.5 Å². The second kappa shape index (κ2) is 8.43. The van der Waals surface area contributed by atoms with Crippen LogP contribution in [0.3, 0.4) is 0 Å². The first kappa shape index (κ1) is 20.5. The molecule has 28 heavy (non-hydrogen) atoms. The van der Waals surface area contributed by atoms with E-state index in [1.807, 2.05) is 18.7 Å². The van der Waals surface area contributed by atoms with E-state index in [9.17, 15) is 18.5 Å². The van der Waals surface area contributed by atoms with Gasteiger partial charge in [-0.3, -0.25) is 10.1 Å². The Morgan fingerprint density at radius 2 is 1.82 bits per heavy atom. The van der Waals surface area contributed by atoms with Crippen molar-refractivity contribution in [2.75, 3.05) is 60.6 Å². The number of nitrogens with zero attached hydrogens (tertiary/aromatic N) is 5. The third-order valence-electron chi connectivity index (χ3n) is 4.94. The van der Waals surface area contributed by atoms with E-state index in [2.05, 4.69) is 15.3 Å². The largest absolute Gasteiger partial charge is 0.470 e. The fraction of sp³-hybridized carbons (Fsp3) is 0.750. The first-order valence-electron chi connectivity index (χ1n) is 9.45. The summed E-state index contributed by atoms with van der Waals surface area (Å²) in [4.78, 5) is 23.8. The topological polar surface area (TPSA) is 131 Å². The van der Waals surface area contributed by atoms with Crippen LogP contribution in [0, 0.1) is 10.1 Å². The highest BCUT2D eigenvalue weighted by molar-refractivity contribution is 7.91. The third kappa shape index (κ3) is 4.61. The highest BCUT2D eigenvalue weighted by atomic mass is 32.2. The van der Waals surface area contributed by atoms with Crippen LogP contribution in [0.15, 0.2) is 0 Å². The lowest BCUT2D eigenvalue weighted by Gasteiger charge is -2.31. The summed E-state index contributed by atoms with van der Waals surface area (Å²) in [5.41, 5.74) is -0.307. The molecule has 11 nitrogen and oxygen atoms in total. The fourth-order valence-corrected chi connectivity index (χ4v) is 4.28. The normalized spacial score (nSPS) is 20.6. The molecule has 1 aromatic rings. The van der Waals surface area contributed by atoms with Crippen molar-refractivity contribution in [3.8, 4) is 5.88 Å². The summed E-state index contributed by atoms with van der Waals surface area (Å²) in [5.74, 6) is 0.319. The maximum atomic E-state index is 11.8. The van der Waals surface area contributed by atoms with E-state index in [-0.39, 0.29) is 48.1 Å². The molecule has 2 aliphatic rings. The average Bonchev–Trinajstić information content (AvgIpc) is 2.67. The summed E-state index contributed by atoms with van der Waals surface area (Å²) in [6.45, 7) is 6.93. The van der Waals surface area contributed by atoms with Crippen molar-refractivity contribution in [3.05, 3.63) is 10.1 Å². The van der Waals surface area contributed by atoms with Crippen molar-refractivity contribution >= 4 is 27.3 Å². The maximum Gasteiger partial charge on any atom is 0.373 e. The average molecular weight is 414 g/mol. The van der Waals surface area contributed by atoms with Gasteiger partial charge in [0.15, 0.2) is 9.84 Å². The van der Waals surface area contributed by atoms with Gasteiger partial charge in [0.1, 0.15) is 0 Å². The molecule has 0 bridgehead atoms. The molecule has 2 aliphatic heterocycles. The molecule has 0 spiro atoms. The van der Waals surface area contributed by atoms with Crippen molar-refractivity contribution in [3.63, 3.8) is 0 Å². The van der Waals surface area contributed by atoms with Gasteiger partial charge < -0.3 is 19.9 Å². The Kier molecular flexibility index (Phi) is 6.18. The zero-order chi connectivity index (χ0) is 20.3. The van der Waals surface area contributed by atoms with Crippen LogP contribution in [0.1, 0.15) is 20.3 Å². The number of anilines is 2. The van der Waals surface area contributed by atoms with Gasteiger partial charge in [0.05, 0.1) is 22.5 Å². The molecule has 0 amide bonds. The number of nitro groups is 1. The third-order valence-corrected chi connectivity index (χ3v) is 6.55. The molecule has 1 unspecified atom stereocenters. The van der Waals surface area contributed by atoms with Gasteiger partial charge in [-0.05, 0) is 13.3 Å². The molecule has 0 radical (unpaired) electrons. The Labute approximate surface area is 164 Å². The van der Waals surface area contributed by atoms with Crippen molar-refractivity contribution in [2.45, 2.75) is 26.4 Å². The Morgan fingerprint density at radius 1 is 1.18 bits per heavy atom. The minimum atomic E-state index is -3.13. The van der Waals surface area contributed by atoms with E-state index in [1.165, 1.54) is 0 Å². The fourth-order valence-electron chi connectivity index (χ4n) is 3.08. The van der Waals surface area contributed by atoms with Crippen LogP contribution in [0.5, 0.6) is 5.88 Å². The van der Waals surface area contributed by atoms with Gasteiger partial charge in [-0.2, -0.15) is 9.97 Å². The summed E-state index contributed by atoms with van der Waals surface area (Å²) >= 11 is 0. The molecule has 2 saturated heterocycles. The van der Waals surface area contributed by atoms with Crippen molar-refractivity contribution in [1.82, 2.24) is 15.3 Å². The molecule has 1 atom stereocenters. The number of sulfone groups is 1. The number of hydrogen-bond acceptors (Lipinski definition) is 10. The highest BCUT2D eigenvalue weighted by Gasteiger charge is 2.34. The van der Waals surface area contributed by atoms with E-state index < -0.39 is 14.8 Å². The minimum absolute atomic E-state index is 0.0569. The zero-order valence-corrected chi connectivity index (χ0v) is 16.9. The SMILES string of the molecule is CCC(C)Oc1nc(N2CCNCC2)nc(N2CCS(=O)(=O)CC2)c1[N+](=O)[O-].